The van der Waals surface area contributed by atoms with Crippen molar-refractivity contribution in [2.75, 3.05) is 26.8 Å². The monoisotopic (exact) mass is 441 g/mol. The second-order valence-electron chi connectivity index (χ2n) is 8.33. The second-order valence-corrected chi connectivity index (χ2v) is 8.33. The Kier molecular flexibility index (Phi) is 6.32. The van der Waals surface area contributed by atoms with E-state index in [1.807, 2.05) is 29.9 Å². The Balaban J connectivity index is 1.39. The molecule has 0 unspecified atom stereocenters. The number of methoxy groups -OCH3 is 1. The number of ketones is 1. The second kappa shape index (κ2) is 9.16. The Morgan fingerprint density at radius 2 is 1.84 bits per heavy atom. The standard InChI is InChI=1S/C24H25F2N3O3/c1-15-6-22-18(9-21(15)23(30)4-3-5-32-2)14-29(27-22)13-16-11-28(12-16)24(31)17-7-19(25)10-20(26)8-17/h6-10,14,16H,3-5,11-13H2,1-2H3. The molecule has 2 heterocycles. The number of Topliss-reactive ketones (excluding diaryl/α,β-unsaturated/α-hetero) is 1. The van der Waals surface area contributed by atoms with Crippen molar-refractivity contribution in [3.05, 3.63) is 64.9 Å². The molecule has 1 aromatic heterocycles. The first kappa shape index (κ1) is 22.1. The molecule has 168 valence electrons. The number of amides is 1. The minimum Gasteiger partial charge on any atom is -0.385 e. The van der Waals surface area contributed by atoms with E-state index in [-0.39, 0.29) is 23.2 Å². The van der Waals surface area contributed by atoms with Gasteiger partial charge < -0.3 is 9.64 Å². The van der Waals surface area contributed by atoms with Crippen LogP contribution in [-0.2, 0) is 11.3 Å². The summed E-state index contributed by atoms with van der Waals surface area (Å²) >= 11 is 0. The number of hydrogen-bond acceptors (Lipinski definition) is 4. The number of aryl methyl sites for hydroxylation is 1. The van der Waals surface area contributed by atoms with Crippen molar-refractivity contribution >= 4 is 22.6 Å². The number of halogens is 2. The van der Waals surface area contributed by atoms with Crippen LogP contribution in [0.15, 0.2) is 36.5 Å². The number of carbonyl (C=O) groups excluding carboxylic acids is 2. The summed E-state index contributed by atoms with van der Waals surface area (Å²) in [7, 11) is 1.62. The number of benzene rings is 2. The van der Waals surface area contributed by atoms with Gasteiger partial charge in [-0.25, -0.2) is 8.78 Å². The summed E-state index contributed by atoms with van der Waals surface area (Å²) in [6, 6.07) is 6.66. The van der Waals surface area contributed by atoms with E-state index in [2.05, 4.69) is 5.10 Å². The topological polar surface area (TPSA) is 64.4 Å². The molecule has 32 heavy (non-hydrogen) atoms. The van der Waals surface area contributed by atoms with Crippen LogP contribution in [0, 0.1) is 24.5 Å². The van der Waals surface area contributed by atoms with Crippen molar-refractivity contribution in [3.63, 3.8) is 0 Å². The Morgan fingerprint density at radius 3 is 2.53 bits per heavy atom. The van der Waals surface area contributed by atoms with E-state index in [0.29, 0.717) is 44.6 Å². The normalized spacial score (nSPS) is 14.1. The van der Waals surface area contributed by atoms with Gasteiger partial charge in [-0.3, -0.25) is 14.3 Å². The first-order valence-corrected chi connectivity index (χ1v) is 10.6. The summed E-state index contributed by atoms with van der Waals surface area (Å²) in [4.78, 5) is 26.5. The molecule has 0 bridgehead atoms. The van der Waals surface area contributed by atoms with Crippen LogP contribution in [0.5, 0.6) is 0 Å². The SMILES string of the molecule is COCCCC(=O)c1cc2cn(CC3CN(C(=O)c4cc(F)cc(F)c4)C3)nc2cc1C. The Hall–Kier alpha value is -3.13. The Bertz CT molecular complexity index is 1150. The first-order chi connectivity index (χ1) is 15.3. The number of ether oxygens (including phenoxy) is 1. The average Bonchev–Trinajstić information content (AvgIpc) is 3.10. The van der Waals surface area contributed by atoms with Gasteiger partial charge in [0.15, 0.2) is 5.78 Å². The van der Waals surface area contributed by atoms with Crippen molar-refractivity contribution in [2.45, 2.75) is 26.3 Å². The zero-order chi connectivity index (χ0) is 22.8. The molecule has 0 aliphatic carbocycles. The van der Waals surface area contributed by atoms with E-state index >= 15 is 0 Å². The molecule has 0 saturated carbocycles. The van der Waals surface area contributed by atoms with Crippen LogP contribution in [0.4, 0.5) is 8.78 Å². The lowest BCUT2D eigenvalue weighted by atomic mass is 9.98. The Morgan fingerprint density at radius 1 is 1.12 bits per heavy atom. The summed E-state index contributed by atoms with van der Waals surface area (Å²) in [6.07, 6.45) is 3.04. The lowest BCUT2D eigenvalue weighted by Crippen LogP contribution is -2.51. The largest absolute Gasteiger partial charge is 0.385 e. The predicted molar refractivity (Wildman–Crippen MR) is 116 cm³/mol. The maximum atomic E-state index is 13.4. The van der Waals surface area contributed by atoms with Crippen LogP contribution >= 0.6 is 0 Å². The van der Waals surface area contributed by atoms with E-state index in [9.17, 15) is 18.4 Å². The quantitative estimate of drug-likeness (QED) is 0.392. The molecule has 6 nitrogen and oxygen atoms in total. The van der Waals surface area contributed by atoms with Gasteiger partial charge in [-0.1, -0.05) is 0 Å². The van der Waals surface area contributed by atoms with Gasteiger partial charge in [0.05, 0.1) is 5.52 Å². The molecule has 3 aromatic rings. The molecule has 1 aliphatic rings. The third-order valence-electron chi connectivity index (χ3n) is 5.75. The van der Waals surface area contributed by atoms with E-state index in [1.54, 1.807) is 12.0 Å². The molecule has 0 atom stereocenters. The highest BCUT2D eigenvalue weighted by Crippen LogP contribution is 2.24. The summed E-state index contributed by atoms with van der Waals surface area (Å²) in [5, 5.41) is 5.50. The minimum atomic E-state index is -0.763. The molecule has 0 N–H and O–H groups in total. The molecule has 4 rings (SSSR count). The van der Waals surface area contributed by atoms with Gasteiger partial charge >= 0.3 is 0 Å². The number of fused-ring (bicyclic) bond motifs is 1. The van der Waals surface area contributed by atoms with Crippen LogP contribution in [-0.4, -0.2) is 53.2 Å². The smallest absolute Gasteiger partial charge is 0.254 e. The molecule has 2 aromatic carbocycles. The summed E-state index contributed by atoms with van der Waals surface area (Å²) < 4.78 is 33.6. The van der Waals surface area contributed by atoms with E-state index in [0.717, 1.165) is 34.7 Å². The van der Waals surface area contributed by atoms with Crippen molar-refractivity contribution < 1.29 is 23.1 Å². The predicted octanol–water partition coefficient (Wildman–Crippen LogP) is 4.00. The number of carbonyl (C=O) groups is 2. The third kappa shape index (κ3) is 4.70. The van der Waals surface area contributed by atoms with Crippen LogP contribution < -0.4 is 0 Å². The number of rotatable bonds is 8. The minimum absolute atomic E-state index is 0.0175. The Labute approximate surface area is 184 Å². The zero-order valence-corrected chi connectivity index (χ0v) is 18.1. The number of nitrogens with zero attached hydrogens (tertiary/aromatic N) is 3. The molecule has 1 fully saturated rings. The van der Waals surface area contributed by atoms with Crippen LogP contribution in [0.25, 0.3) is 10.9 Å². The van der Waals surface area contributed by atoms with Crippen molar-refractivity contribution in [1.29, 1.82) is 0 Å². The number of likely N-dealkylation sites (tertiary alicyclic amines) is 1. The zero-order valence-electron chi connectivity index (χ0n) is 18.1. The van der Waals surface area contributed by atoms with E-state index < -0.39 is 11.6 Å². The fourth-order valence-corrected chi connectivity index (χ4v) is 4.11. The van der Waals surface area contributed by atoms with Gasteiger partial charge in [0, 0.05) is 74.5 Å². The number of hydrogen-bond donors (Lipinski definition) is 0. The molecule has 8 heteroatoms. The molecule has 0 spiro atoms. The maximum absolute atomic E-state index is 13.4. The highest BCUT2D eigenvalue weighted by atomic mass is 19.1. The van der Waals surface area contributed by atoms with Crippen molar-refractivity contribution in [2.24, 2.45) is 5.92 Å². The molecule has 1 aliphatic heterocycles. The average molecular weight is 441 g/mol. The van der Waals surface area contributed by atoms with Crippen molar-refractivity contribution in [3.8, 4) is 0 Å². The summed E-state index contributed by atoms with van der Waals surface area (Å²) in [5.74, 6) is -1.61. The molecular formula is C24H25F2N3O3. The molecule has 1 saturated heterocycles. The lowest BCUT2D eigenvalue weighted by Gasteiger charge is -2.39. The fraction of sp³-hybridized carbons (Fsp3) is 0.375. The third-order valence-corrected chi connectivity index (χ3v) is 5.75. The summed E-state index contributed by atoms with van der Waals surface area (Å²) in [6.45, 7) is 4.07. The molecular weight excluding hydrogens is 416 g/mol. The van der Waals surface area contributed by atoms with Gasteiger partial charge in [-0.15, -0.1) is 0 Å². The number of aromatic nitrogens is 2. The van der Waals surface area contributed by atoms with Gasteiger partial charge in [0.2, 0.25) is 0 Å². The van der Waals surface area contributed by atoms with Crippen LogP contribution in [0.1, 0.15) is 39.1 Å². The lowest BCUT2D eigenvalue weighted by molar-refractivity contribution is 0.0461. The summed E-state index contributed by atoms with van der Waals surface area (Å²) in [5.41, 5.74) is 2.44. The van der Waals surface area contributed by atoms with Crippen molar-refractivity contribution in [1.82, 2.24) is 14.7 Å². The molecule has 0 radical (unpaired) electrons. The highest BCUT2D eigenvalue weighted by molar-refractivity contribution is 6.00. The first-order valence-electron chi connectivity index (χ1n) is 10.6. The van der Waals surface area contributed by atoms with E-state index in [4.69, 9.17) is 4.74 Å². The van der Waals surface area contributed by atoms with Gasteiger partial charge in [-0.05, 0) is 43.2 Å². The highest BCUT2D eigenvalue weighted by Gasteiger charge is 2.32. The van der Waals surface area contributed by atoms with Gasteiger partial charge in [0.25, 0.3) is 5.91 Å². The molecule has 1 amide bonds. The fourth-order valence-electron chi connectivity index (χ4n) is 4.11. The van der Waals surface area contributed by atoms with Crippen LogP contribution in [0.2, 0.25) is 0 Å². The van der Waals surface area contributed by atoms with Gasteiger partial charge in [0.1, 0.15) is 11.6 Å². The van der Waals surface area contributed by atoms with E-state index in [1.165, 1.54) is 0 Å². The maximum Gasteiger partial charge on any atom is 0.254 e. The van der Waals surface area contributed by atoms with Crippen LogP contribution in [0.3, 0.4) is 0 Å². The van der Waals surface area contributed by atoms with Gasteiger partial charge in [-0.2, -0.15) is 5.10 Å².